The second-order valence-electron chi connectivity index (χ2n) is 12.4. The molecule has 3 saturated heterocycles. The number of nitrogens with zero attached hydrogens (tertiary/aromatic N) is 7. The number of piperidine rings is 1. The average Bonchev–Trinajstić information content (AvgIpc) is 3.82. The Kier molecular flexibility index (Phi) is 6.93. The molecule has 8 rings (SSSR count). The first-order valence-electron chi connectivity index (χ1n) is 15.7. The van der Waals surface area contributed by atoms with Crippen molar-refractivity contribution in [3.8, 4) is 17.3 Å². The van der Waals surface area contributed by atoms with Crippen molar-refractivity contribution >= 4 is 33.4 Å². The molecule has 230 valence electrons. The van der Waals surface area contributed by atoms with Gasteiger partial charge in [0.05, 0.1) is 10.9 Å². The maximum atomic E-state index is 16.6. The Morgan fingerprint density at radius 3 is 2.51 bits per heavy atom. The van der Waals surface area contributed by atoms with E-state index in [9.17, 15) is 4.79 Å². The van der Waals surface area contributed by atoms with Gasteiger partial charge in [-0.3, -0.25) is 14.7 Å². The summed E-state index contributed by atoms with van der Waals surface area (Å²) >= 11 is 0. The lowest BCUT2D eigenvalue weighted by atomic mass is 9.95. The molecule has 45 heavy (non-hydrogen) atoms. The van der Waals surface area contributed by atoms with Crippen LogP contribution in [-0.2, 0) is 0 Å². The van der Waals surface area contributed by atoms with Crippen LogP contribution in [0.3, 0.4) is 0 Å². The maximum absolute atomic E-state index is 16.6. The Hall–Kier alpha value is -4.51. The first-order chi connectivity index (χ1) is 22.0. The van der Waals surface area contributed by atoms with E-state index in [1.165, 1.54) is 10.7 Å². The van der Waals surface area contributed by atoms with Crippen molar-refractivity contribution in [3.63, 3.8) is 0 Å². The first kappa shape index (κ1) is 28.0. The number of hydrogen-bond donors (Lipinski definition) is 0. The number of rotatable bonds is 6. The maximum Gasteiger partial charge on any atom is 0.319 e. The van der Waals surface area contributed by atoms with Crippen LogP contribution >= 0.6 is 0 Å². The Morgan fingerprint density at radius 2 is 1.76 bits per heavy atom. The van der Waals surface area contributed by atoms with Crippen LogP contribution in [0.25, 0.3) is 32.9 Å². The molecule has 2 aromatic carbocycles. The first-order valence-corrected chi connectivity index (χ1v) is 15.7. The van der Waals surface area contributed by atoms with Crippen LogP contribution in [0.5, 0.6) is 6.01 Å². The highest BCUT2D eigenvalue weighted by molar-refractivity contribution is 5.99. The predicted octanol–water partition coefficient (Wildman–Crippen LogP) is 5.88. The van der Waals surface area contributed by atoms with Gasteiger partial charge in [-0.1, -0.05) is 30.3 Å². The van der Waals surface area contributed by atoms with E-state index in [-0.39, 0.29) is 34.6 Å². The third kappa shape index (κ3) is 4.80. The number of fused-ring (bicyclic) bond motifs is 3. The number of carbonyl (C=O) groups is 1. The smallest absolute Gasteiger partial charge is 0.319 e. The molecule has 0 spiro atoms. The summed E-state index contributed by atoms with van der Waals surface area (Å²) in [5.41, 5.74) is 0.424. The van der Waals surface area contributed by atoms with Gasteiger partial charge in [-0.25, -0.2) is 13.5 Å². The van der Waals surface area contributed by atoms with Crippen molar-refractivity contribution in [2.75, 3.05) is 37.7 Å². The zero-order valence-corrected chi connectivity index (χ0v) is 24.8. The van der Waals surface area contributed by atoms with E-state index in [4.69, 9.17) is 9.72 Å². The molecule has 3 aliphatic heterocycles. The van der Waals surface area contributed by atoms with E-state index in [0.717, 1.165) is 38.8 Å². The summed E-state index contributed by atoms with van der Waals surface area (Å²) in [7, 11) is 0. The molecule has 0 aliphatic carbocycles. The zero-order valence-electron chi connectivity index (χ0n) is 24.8. The summed E-state index contributed by atoms with van der Waals surface area (Å²) in [5.74, 6) is -0.784. The number of pyridine rings is 1. The highest BCUT2D eigenvalue weighted by atomic mass is 19.1. The molecular formula is C34H33F2N7O2. The summed E-state index contributed by atoms with van der Waals surface area (Å²) < 4.78 is 39.4. The quantitative estimate of drug-likeness (QED) is 0.236. The molecule has 3 aliphatic rings. The summed E-state index contributed by atoms with van der Waals surface area (Å²) in [6, 6.07) is 11.9. The van der Waals surface area contributed by atoms with Crippen LogP contribution in [0.4, 0.5) is 14.6 Å². The minimum atomic E-state index is -0.651. The minimum Gasteiger partial charge on any atom is -0.461 e. The van der Waals surface area contributed by atoms with Gasteiger partial charge in [-0.05, 0) is 69.1 Å². The summed E-state index contributed by atoms with van der Waals surface area (Å²) in [6.45, 7) is 3.64. The van der Waals surface area contributed by atoms with E-state index in [2.05, 4.69) is 24.9 Å². The summed E-state index contributed by atoms with van der Waals surface area (Å²) in [4.78, 5) is 31.5. The number of anilines is 1. The van der Waals surface area contributed by atoms with Gasteiger partial charge in [-0.2, -0.15) is 15.1 Å². The zero-order chi connectivity index (χ0) is 30.5. The van der Waals surface area contributed by atoms with Crippen LogP contribution in [0.1, 0.15) is 43.3 Å². The number of aromatic nitrogens is 5. The van der Waals surface area contributed by atoms with Crippen LogP contribution in [0.2, 0.25) is 0 Å². The number of benzene rings is 2. The van der Waals surface area contributed by atoms with E-state index in [1.54, 1.807) is 55.0 Å². The molecule has 3 fully saturated rings. The lowest BCUT2D eigenvalue weighted by Crippen LogP contribution is -2.43. The van der Waals surface area contributed by atoms with E-state index < -0.39 is 11.6 Å². The fourth-order valence-electron chi connectivity index (χ4n) is 7.59. The lowest BCUT2D eigenvalue weighted by molar-refractivity contribution is 0.0796. The van der Waals surface area contributed by atoms with Crippen LogP contribution in [0.15, 0.2) is 61.1 Å². The van der Waals surface area contributed by atoms with Crippen molar-refractivity contribution in [3.05, 3.63) is 72.7 Å². The van der Waals surface area contributed by atoms with Crippen molar-refractivity contribution in [2.24, 2.45) is 5.92 Å². The molecule has 0 N–H and O–H groups in total. The second kappa shape index (κ2) is 11.1. The largest absolute Gasteiger partial charge is 0.461 e. The van der Waals surface area contributed by atoms with Gasteiger partial charge < -0.3 is 9.64 Å². The number of ether oxygens (including phenoxy) is 1. The van der Waals surface area contributed by atoms with Gasteiger partial charge in [0.15, 0.2) is 5.82 Å². The number of halogens is 2. The normalized spacial score (nSPS) is 18.6. The second-order valence-corrected chi connectivity index (χ2v) is 12.4. The van der Waals surface area contributed by atoms with E-state index in [0.29, 0.717) is 60.1 Å². The standard InChI is InChI=1S/C34H33F2N7O2/c35-26-9-2-7-22-6-1-8-24(27(22)26)29-28(36)30-25(20-37-29)31(41-18-10-23(11-19-41)32(44)43-17-5-14-38-43)40-33(39-30)45-21-34-12-3-15-42(34)16-4-13-34/h1-2,5-9,14,17,20,23H,3-4,10-13,15-16,18-19,21H2. The average molecular weight is 610 g/mol. The molecule has 0 amide bonds. The highest BCUT2D eigenvalue weighted by Gasteiger charge is 2.45. The predicted molar refractivity (Wildman–Crippen MR) is 166 cm³/mol. The van der Waals surface area contributed by atoms with Gasteiger partial charge in [0.2, 0.25) is 5.91 Å². The Bertz CT molecular complexity index is 1890. The minimum absolute atomic E-state index is 0.0219. The topological polar surface area (TPSA) is 89.3 Å². The molecule has 5 aromatic rings. The molecule has 9 nitrogen and oxygen atoms in total. The fraction of sp³-hybridized carbons (Fsp3) is 0.382. The molecule has 0 bridgehead atoms. The van der Waals surface area contributed by atoms with E-state index >= 15 is 8.78 Å². The van der Waals surface area contributed by atoms with Gasteiger partial charge in [0, 0.05) is 48.5 Å². The number of carbonyl (C=O) groups excluding carboxylic acids is 1. The van der Waals surface area contributed by atoms with Gasteiger partial charge in [0.25, 0.3) is 0 Å². The van der Waals surface area contributed by atoms with Crippen molar-refractivity contribution in [2.45, 2.75) is 44.1 Å². The molecule has 6 heterocycles. The van der Waals surface area contributed by atoms with Crippen molar-refractivity contribution in [1.82, 2.24) is 29.6 Å². The fourth-order valence-corrected chi connectivity index (χ4v) is 7.59. The van der Waals surface area contributed by atoms with Gasteiger partial charge in [-0.15, -0.1) is 0 Å². The highest BCUT2D eigenvalue weighted by Crippen LogP contribution is 2.40. The van der Waals surface area contributed by atoms with Gasteiger partial charge in [0.1, 0.15) is 29.5 Å². The molecule has 3 aromatic heterocycles. The Morgan fingerprint density at radius 1 is 0.978 bits per heavy atom. The van der Waals surface area contributed by atoms with Gasteiger partial charge >= 0.3 is 6.01 Å². The Balaban J connectivity index is 1.18. The summed E-state index contributed by atoms with van der Waals surface area (Å²) in [6.07, 6.45) is 10.4. The molecular weight excluding hydrogens is 576 g/mol. The lowest BCUT2D eigenvalue weighted by Gasteiger charge is -2.33. The van der Waals surface area contributed by atoms with Crippen LogP contribution in [0, 0.1) is 17.6 Å². The molecule has 0 radical (unpaired) electrons. The molecule has 0 atom stereocenters. The molecule has 11 heteroatoms. The van der Waals surface area contributed by atoms with Crippen molar-refractivity contribution < 1.29 is 18.3 Å². The van der Waals surface area contributed by atoms with Crippen LogP contribution < -0.4 is 9.64 Å². The SMILES string of the molecule is O=C(C1CCN(c2nc(OCC34CCCN3CCC4)nc3c(F)c(-c4cccc5cccc(F)c45)ncc23)CC1)n1cccn1. The van der Waals surface area contributed by atoms with Crippen LogP contribution in [-0.4, -0.2) is 73.9 Å². The third-order valence-electron chi connectivity index (χ3n) is 9.91. The third-order valence-corrected chi connectivity index (χ3v) is 9.91. The van der Waals surface area contributed by atoms with E-state index in [1.807, 2.05) is 0 Å². The Labute approximate surface area is 258 Å². The summed E-state index contributed by atoms with van der Waals surface area (Å²) in [5, 5.41) is 5.52. The van der Waals surface area contributed by atoms with Crippen molar-refractivity contribution in [1.29, 1.82) is 0 Å². The number of hydrogen-bond acceptors (Lipinski definition) is 8. The monoisotopic (exact) mass is 609 g/mol. The molecule has 0 saturated carbocycles. The molecule has 0 unspecified atom stereocenters.